The lowest BCUT2D eigenvalue weighted by Crippen LogP contribution is -2.44. The molecule has 2 atom stereocenters. The lowest BCUT2D eigenvalue weighted by molar-refractivity contribution is -0.133. The minimum atomic E-state index is -0.856. The van der Waals surface area contributed by atoms with Gasteiger partial charge in [-0.3, -0.25) is 9.59 Å². The minimum absolute atomic E-state index is 0.0140. The summed E-state index contributed by atoms with van der Waals surface area (Å²) in [5.74, 6) is -0.247. The first-order valence-electron chi connectivity index (χ1n) is 12.2. The molecule has 4 rings (SSSR count). The van der Waals surface area contributed by atoms with Crippen LogP contribution in [0.4, 0.5) is 4.79 Å². The minimum Gasteiger partial charge on any atom is -0.481 e. The molecule has 0 bridgehead atoms. The van der Waals surface area contributed by atoms with E-state index in [4.69, 9.17) is 9.84 Å². The predicted octanol–water partition coefficient (Wildman–Crippen LogP) is 4.41. The summed E-state index contributed by atoms with van der Waals surface area (Å²) >= 11 is 1.28. The molecule has 7 nitrogen and oxygen atoms in total. The quantitative estimate of drug-likeness (QED) is 0.421. The van der Waals surface area contributed by atoms with Crippen LogP contribution >= 0.6 is 11.8 Å². The van der Waals surface area contributed by atoms with Crippen molar-refractivity contribution in [2.24, 2.45) is 5.92 Å². The number of alkyl carbamates (subject to hydrolysis) is 1. The highest BCUT2D eigenvalue weighted by atomic mass is 32.2. The molecular formula is C27H32N2O5S. The van der Waals surface area contributed by atoms with E-state index in [0.29, 0.717) is 18.7 Å². The molecule has 186 valence electrons. The maximum atomic E-state index is 12.7. The zero-order valence-electron chi connectivity index (χ0n) is 19.7. The first kappa shape index (κ1) is 25.1. The van der Waals surface area contributed by atoms with Gasteiger partial charge in [0.2, 0.25) is 5.91 Å². The molecule has 35 heavy (non-hydrogen) atoms. The van der Waals surface area contributed by atoms with Gasteiger partial charge in [-0.15, -0.1) is 11.8 Å². The number of hydrogen-bond acceptors (Lipinski definition) is 5. The molecule has 2 aliphatic carbocycles. The summed E-state index contributed by atoms with van der Waals surface area (Å²) < 4.78 is 5.71. The third kappa shape index (κ3) is 6.57. The van der Waals surface area contributed by atoms with E-state index in [2.05, 4.69) is 34.9 Å². The second-order valence-electron chi connectivity index (χ2n) is 9.12. The van der Waals surface area contributed by atoms with Crippen molar-refractivity contribution in [2.45, 2.75) is 44.1 Å². The molecule has 0 unspecified atom stereocenters. The van der Waals surface area contributed by atoms with Gasteiger partial charge in [-0.05, 0) is 41.0 Å². The number of carboxylic acids is 1. The molecule has 0 spiro atoms. The second kappa shape index (κ2) is 12.1. The standard InChI is InChI=1S/C27H32N2O5S/c30-25(28-13-14-35-17-26(31)32)15-18-7-1-6-12-24(18)29-27(33)34-16-23-21-10-4-2-8-19(21)20-9-3-5-11-22(20)23/h2-5,8-11,18,23-24H,1,6-7,12-17H2,(H,28,30)(H,29,33)(H,31,32)/t18-,24-/m1/s1. The number of thioether (sulfide) groups is 1. The fraction of sp³-hybridized carbons (Fsp3) is 0.444. The monoisotopic (exact) mass is 496 g/mol. The van der Waals surface area contributed by atoms with Crippen LogP contribution in [0, 0.1) is 5.92 Å². The van der Waals surface area contributed by atoms with Gasteiger partial charge in [0.05, 0.1) is 5.75 Å². The van der Waals surface area contributed by atoms with Crippen LogP contribution in [-0.2, 0) is 14.3 Å². The zero-order chi connectivity index (χ0) is 24.6. The van der Waals surface area contributed by atoms with E-state index in [0.717, 1.165) is 25.7 Å². The van der Waals surface area contributed by atoms with Crippen LogP contribution < -0.4 is 10.6 Å². The van der Waals surface area contributed by atoms with Gasteiger partial charge in [0.25, 0.3) is 0 Å². The van der Waals surface area contributed by atoms with Crippen molar-refractivity contribution in [1.82, 2.24) is 10.6 Å². The first-order valence-corrected chi connectivity index (χ1v) is 13.4. The highest BCUT2D eigenvalue weighted by Gasteiger charge is 2.31. The molecule has 0 heterocycles. The van der Waals surface area contributed by atoms with Gasteiger partial charge in [-0.1, -0.05) is 61.4 Å². The van der Waals surface area contributed by atoms with Crippen molar-refractivity contribution in [3.63, 3.8) is 0 Å². The van der Waals surface area contributed by atoms with Crippen LogP contribution in [-0.4, -0.2) is 53.8 Å². The number of ether oxygens (including phenoxy) is 1. The Labute approximate surface area is 210 Å². The number of amides is 2. The zero-order valence-corrected chi connectivity index (χ0v) is 20.5. The average molecular weight is 497 g/mol. The molecule has 1 fully saturated rings. The first-order chi connectivity index (χ1) is 17.0. The maximum absolute atomic E-state index is 12.7. The summed E-state index contributed by atoms with van der Waals surface area (Å²) in [5.41, 5.74) is 4.74. The fourth-order valence-corrected chi connectivity index (χ4v) is 5.73. The molecule has 3 N–H and O–H groups in total. The smallest absolute Gasteiger partial charge is 0.407 e. The molecule has 0 aliphatic heterocycles. The summed E-state index contributed by atoms with van der Waals surface area (Å²) in [6, 6.07) is 16.4. The number of aliphatic carboxylic acids is 1. The molecular weight excluding hydrogens is 464 g/mol. The molecule has 2 aromatic rings. The largest absolute Gasteiger partial charge is 0.481 e. The molecule has 0 saturated heterocycles. The number of fused-ring (bicyclic) bond motifs is 3. The Kier molecular flexibility index (Phi) is 8.69. The molecule has 0 radical (unpaired) electrons. The molecule has 2 aliphatic rings. The Hall–Kier alpha value is -3.00. The van der Waals surface area contributed by atoms with Crippen LogP contribution in [0.15, 0.2) is 48.5 Å². The van der Waals surface area contributed by atoms with Crippen molar-refractivity contribution < 1.29 is 24.2 Å². The number of hydrogen-bond donors (Lipinski definition) is 3. The maximum Gasteiger partial charge on any atom is 0.407 e. The summed E-state index contributed by atoms with van der Waals surface area (Å²) in [6.07, 6.45) is 3.67. The van der Waals surface area contributed by atoms with E-state index in [1.54, 1.807) is 0 Å². The van der Waals surface area contributed by atoms with Crippen LogP contribution in [0.2, 0.25) is 0 Å². The third-order valence-electron chi connectivity index (χ3n) is 6.80. The second-order valence-corrected chi connectivity index (χ2v) is 10.2. The van der Waals surface area contributed by atoms with Crippen molar-refractivity contribution in [2.75, 3.05) is 24.7 Å². The Morgan fingerprint density at radius 1 is 0.971 bits per heavy atom. The van der Waals surface area contributed by atoms with E-state index in [-0.39, 0.29) is 36.1 Å². The van der Waals surface area contributed by atoms with Gasteiger partial charge in [0.1, 0.15) is 6.61 Å². The van der Waals surface area contributed by atoms with Crippen molar-refractivity contribution in [3.8, 4) is 11.1 Å². The van der Waals surface area contributed by atoms with Crippen molar-refractivity contribution in [1.29, 1.82) is 0 Å². The van der Waals surface area contributed by atoms with Crippen LogP contribution in [0.5, 0.6) is 0 Å². The predicted molar refractivity (Wildman–Crippen MR) is 137 cm³/mol. The average Bonchev–Trinajstić information content (AvgIpc) is 3.17. The lowest BCUT2D eigenvalue weighted by Gasteiger charge is -2.31. The summed E-state index contributed by atoms with van der Waals surface area (Å²) in [7, 11) is 0. The van der Waals surface area contributed by atoms with Gasteiger partial charge in [0.15, 0.2) is 0 Å². The number of carboxylic acid groups (broad SMARTS) is 1. The molecule has 8 heteroatoms. The third-order valence-corrected chi connectivity index (χ3v) is 7.74. The van der Waals surface area contributed by atoms with Crippen molar-refractivity contribution >= 4 is 29.7 Å². The van der Waals surface area contributed by atoms with Gasteiger partial charge >= 0.3 is 12.1 Å². The summed E-state index contributed by atoms with van der Waals surface area (Å²) in [6.45, 7) is 0.708. The number of nitrogens with one attached hydrogen (secondary N) is 2. The van der Waals surface area contributed by atoms with Gasteiger partial charge in [0, 0.05) is 30.7 Å². The Morgan fingerprint density at radius 3 is 2.31 bits per heavy atom. The molecule has 0 aromatic heterocycles. The van der Waals surface area contributed by atoms with Crippen LogP contribution in [0.25, 0.3) is 11.1 Å². The molecule has 1 saturated carbocycles. The van der Waals surface area contributed by atoms with E-state index in [9.17, 15) is 14.4 Å². The van der Waals surface area contributed by atoms with Gasteiger partial charge in [-0.25, -0.2) is 4.79 Å². The Balaban J connectivity index is 1.27. The Bertz CT molecular complexity index is 1010. The number of benzene rings is 2. The highest BCUT2D eigenvalue weighted by Crippen LogP contribution is 2.44. The SMILES string of the molecule is O=C(O)CSCCNC(=O)C[C@H]1CCCC[C@H]1NC(=O)OCC1c2ccccc2-c2ccccc21. The number of rotatable bonds is 10. The van der Waals surface area contributed by atoms with Gasteiger partial charge in [-0.2, -0.15) is 0 Å². The van der Waals surface area contributed by atoms with Crippen LogP contribution in [0.3, 0.4) is 0 Å². The van der Waals surface area contributed by atoms with Crippen molar-refractivity contribution in [3.05, 3.63) is 59.7 Å². The molecule has 2 amide bonds. The Morgan fingerprint density at radius 2 is 1.63 bits per heavy atom. The summed E-state index contributed by atoms with van der Waals surface area (Å²) in [4.78, 5) is 35.7. The van der Waals surface area contributed by atoms with E-state index in [1.165, 1.54) is 34.0 Å². The lowest BCUT2D eigenvalue weighted by atomic mass is 9.82. The van der Waals surface area contributed by atoms with E-state index < -0.39 is 12.1 Å². The number of carbonyl (C=O) groups is 3. The van der Waals surface area contributed by atoms with E-state index in [1.807, 2.05) is 24.3 Å². The van der Waals surface area contributed by atoms with Gasteiger partial charge < -0.3 is 20.5 Å². The molecule has 2 aromatic carbocycles. The summed E-state index contributed by atoms with van der Waals surface area (Å²) in [5, 5.41) is 14.6. The van der Waals surface area contributed by atoms with E-state index >= 15 is 0 Å². The number of carbonyl (C=O) groups excluding carboxylic acids is 2. The fourth-order valence-electron chi connectivity index (χ4n) is 5.17. The normalized spacial score (nSPS) is 18.9. The van der Waals surface area contributed by atoms with Crippen LogP contribution in [0.1, 0.15) is 49.1 Å². The topological polar surface area (TPSA) is 105 Å². The highest BCUT2D eigenvalue weighted by molar-refractivity contribution is 7.99.